The van der Waals surface area contributed by atoms with Crippen molar-refractivity contribution in [3.63, 3.8) is 0 Å². The Bertz CT molecular complexity index is 491. The van der Waals surface area contributed by atoms with Crippen molar-refractivity contribution in [2.24, 2.45) is 0 Å². The molecule has 1 aromatic rings. The molecule has 1 aromatic carbocycles. The third kappa shape index (κ3) is 2.92. The van der Waals surface area contributed by atoms with Gasteiger partial charge in [0.25, 0.3) is 0 Å². The van der Waals surface area contributed by atoms with Crippen LogP contribution in [-0.4, -0.2) is 29.0 Å². The van der Waals surface area contributed by atoms with E-state index in [0.717, 1.165) is 25.1 Å². The highest BCUT2D eigenvalue weighted by Gasteiger charge is 2.19. The molecule has 1 aliphatic heterocycles. The standard InChI is InChI=1S/C15H19NO2/c1-11-6-7-16(10-12(11)2)15(18)9-13-4-3-5-14(17)8-13/h3-5,8,17H,6-7,9-10H2,1-2H3. The number of carbonyl (C=O) groups is 1. The Balaban J connectivity index is 2.01. The molecule has 96 valence electrons. The van der Waals surface area contributed by atoms with E-state index in [2.05, 4.69) is 13.8 Å². The van der Waals surface area contributed by atoms with Gasteiger partial charge < -0.3 is 10.0 Å². The Hall–Kier alpha value is -1.77. The smallest absolute Gasteiger partial charge is 0.227 e. The van der Waals surface area contributed by atoms with E-state index >= 15 is 0 Å². The van der Waals surface area contributed by atoms with Crippen LogP contribution in [0, 0.1) is 0 Å². The van der Waals surface area contributed by atoms with Crippen molar-refractivity contribution < 1.29 is 9.90 Å². The number of hydrogen-bond acceptors (Lipinski definition) is 2. The van der Waals surface area contributed by atoms with Gasteiger partial charge in [-0.3, -0.25) is 4.79 Å². The Labute approximate surface area is 108 Å². The van der Waals surface area contributed by atoms with E-state index in [-0.39, 0.29) is 11.7 Å². The van der Waals surface area contributed by atoms with Crippen LogP contribution >= 0.6 is 0 Å². The van der Waals surface area contributed by atoms with E-state index in [1.165, 1.54) is 11.1 Å². The fourth-order valence-corrected chi connectivity index (χ4v) is 2.18. The van der Waals surface area contributed by atoms with Gasteiger partial charge in [-0.1, -0.05) is 23.3 Å². The molecule has 1 heterocycles. The van der Waals surface area contributed by atoms with Crippen LogP contribution in [0.15, 0.2) is 35.4 Å². The topological polar surface area (TPSA) is 40.5 Å². The molecule has 1 aliphatic rings. The lowest BCUT2D eigenvalue weighted by Gasteiger charge is -2.28. The van der Waals surface area contributed by atoms with Crippen LogP contribution in [0.25, 0.3) is 0 Å². The Kier molecular flexibility index (Phi) is 3.70. The molecule has 0 spiro atoms. The van der Waals surface area contributed by atoms with Gasteiger partial charge in [-0.05, 0) is 38.0 Å². The summed E-state index contributed by atoms with van der Waals surface area (Å²) in [5.41, 5.74) is 3.56. The minimum absolute atomic E-state index is 0.132. The number of phenolic OH excluding ortho intramolecular Hbond substituents is 1. The first kappa shape index (κ1) is 12.7. The van der Waals surface area contributed by atoms with Crippen LogP contribution in [0.1, 0.15) is 25.8 Å². The molecule has 0 aromatic heterocycles. The second kappa shape index (κ2) is 5.25. The second-order valence-electron chi connectivity index (χ2n) is 4.97. The van der Waals surface area contributed by atoms with Gasteiger partial charge in [-0.15, -0.1) is 0 Å². The van der Waals surface area contributed by atoms with E-state index in [0.29, 0.717) is 6.42 Å². The maximum Gasteiger partial charge on any atom is 0.227 e. The molecule has 0 atom stereocenters. The largest absolute Gasteiger partial charge is 0.508 e. The SMILES string of the molecule is CC1=C(C)CN(C(=O)Cc2cccc(O)c2)CC1. The molecule has 1 N–H and O–H groups in total. The summed E-state index contributed by atoms with van der Waals surface area (Å²) < 4.78 is 0. The monoisotopic (exact) mass is 245 g/mol. The average Bonchev–Trinajstić information content (AvgIpc) is 2.32. The molecule has 0 saturated heterocycles. The molecule has 0 unspecified atom stereocenters. The summed E-state index contributed by atoms with van der Waals surface area (Å²) in [5.74, 6) is 0.346. The molecule has 3 heteroatoms. The molecule has 0 fully saturated rings. The number of carbonyl (C=O) groups excluding carboxylic acids is 1. The summed E-state index contributed by atoms with van der Waals surface area (Å²) in [6, 6.07) is 6.90. The predicted octanol–water partition coefficient (Wildman–Crippen LogP) is 2.50. The highest BCUT2D eigenvalue weighted by atomic mass is 16.3. The Morgan fingerprint density at radius 2 is 2.11 bits per heavy atom. The second-order valence-corrected chi connectivity index (χ2v) is 4.97. The summed E-state index contributed by atoms with van der Waals surface area (Å²) >= 11 is 0. The summed E-state index contributed by atoms with van der Waals surface area (Å²) in [4.78, 5) is 14.0. The molecule has 0 saturated carbocycles. The van der Waals surface area contributed by atoms with Gasteiger partial charge in [0.2, 0.25) is 5.91 Å². The minimum atomic E-state index is 0.132. The summed E-state index contributed by atoms with van der Waals surface area (Å²) in [5, 5.41) is 9.38. The molecule has 3 nitrogen and oxygen atoms in total. The van der Waals surface area contributed by atoms with Crippen molar-refractivity contribution in [3.05, 3.63) is 41.0 Å². The van der Waals surface area contributed by atoms with Gasteiger partial charge in [-0.2, -0.15) is 0 Å². The maximum absolute atomic E-state index is 12.2. The fraction of sp³-hybridized carbons (Fsp3) is 0.400. The summed E-state index contributed by atoms with van der Waals surface area (Å²) in [7, 11) is 0. The zero-order valence-electron chi connectivity index (χ0n) is 10.9. The molecular weight excluding hydrogens is 226 g/mol. The van der Waals surface area contributed by atoms with Gasteiger partial charge >= 0.3 is 0 Å². The van der Waals surface area contributed by atoms with Crippen molar-refractivity contribution in [2.45, 2.75) is 26.7 Å². The van der Waals surface area contributed by atoms with E-state index in [9.17, 15) is 9.90 Å². The first-order valence-corrected chi connectivity index (χ1v) is 6.27. The Morgan fingerprint density at radius 1 is 1.33 bits per heavy atom. The molecule has 18 heavy (non-hydrogen) atoms. The van der Waals surface area contributed by atoms with Gasteiger partial charge in [0, 0.05) is 13.1 Å². The zero-order chi connectivity index (χ0) is 13.1. The van der Waals surface area contributed by atoms with Crippen LogP contribution < -0.4 is 0 Å². The van der Waals surface area contributed by atoms with E-state index < -0.39 is 0 Å². The number of rotatable bonds is 2. The minimum Gasteiger partial charge on any atom is -0.508 e. The third-order valence-corrected chi connectivity index (χ3v) is 3.53. The first-order chi connectivity index (χ1) is 8.56. The van der Waals surface area contributed by atoms with Gasteiger partial charge in [0.15, 0.2) is 0 Å². The third-order valence-electron chi connectivity index (χ3n) is 3.53. The lowest BCUT2D eigenvalue weighted by Crippen LogP contribution is -2.37. The number of hydrogen-bond donors (Lipinski definition) is 1. The normalized spacial score (nSPS) is 16.0. The Morgan fingerprint density at radius 3 is 2.78 bits per heavy atom. The molecule has 0 bridgehead atoms. The first-order valence-electron chi connectivity index (χ1n) is 6.27. The highest BCUT2D eigenvalue weighted by Crippen LogP contribution is 2.18. The van der Waals surface area contributed by atoms with Crippen LogP contribution in [0.2, 0.25) is 0 Å². The average molecular weight is 245 g/mol. The lowest BCUT2D eigenvalue weighted by atomic mass is 10.0. The van der Waals surface area contributed by atoms with Gasteiger partial charge in [0.1, 0.15) is 5.75 Å². The van der Waals surface area contributed by atoms with Crippen molar-refractivity contribution in [3.8, 4) is 5.75 Å². The molecule has 1 amide bonds. The van der Waals surface area contributed by atoms with Gasteiger partial charge in [-0.25, -0.2) is 0 Å². The number of aromatic hydroxyl groups is 1. The van der Waals surface area contributed by atoms with Crippen LogP contribution in [-0.2, 0) is 11.2 Å². The van der Waals surface area contributed by atoms with Crippen LogP contribution in [0.4, 0.5) is 0 Å². The summed E-state index contributed by atoms with van der Waals surface area (Å²) in [6.07, 6.45) is 1.33. The van der Waals surface area contributed by atoms with Crippen molar-refractivity contribution in [1.82, 2.24) is 4.90 Å². The molecule has 0 radical (unpaired) electrons. The molecule has 2 rings (SSSR count). The maximum atomic E-state index is 12.2. The molecule has 0 aliphatic carbocycles. The van der Waals surface area contributed by atoms with Gasteiger partial charge in [0.05, 0.1) is 6.42 Å². The van der Waals surface area contributed by atoms with Crippen LogP contribution in [0.3, 0.4) is 0 Å². The quantitative estimate of drug-likeness (QED) is 0.813. The predicted molar refractivity (Wildman–Crippen MR) is 71.4 cm³/mol. The van der Waals surface area contributed by atoms with Crippen molar-refractivity contribution in [2.75, 3.05) is 13.1 Å². The number of nitrogens with zero attached hydrogens (tertiary/aromatic N) is 1. The summed E-state index contributed by atoms with van der Waals surface area (Å²) in [6.45, 7) is 5.76. The lowest BCUT2D eigenvalue weighted by molar-refractivity contribution is -0.130. The van der Waals surface area contributed by atoms with E-state index in [1.807, 2.05) is 11.0 Å². The van der Waals surface area contributed by atoms with Crippen molar-refractivity contribution in [1.29, 1.82) is 0 Å². The highest BCUT2D eigenvalue weighted by molar-refractivity contribution is 5.79. The van der Waals surface area contributed by atoms with E-state index in [1.54, 1.807) is 18.2 Å². The number of benzene rings is 1. The molecular formula is C15H19NO2. The fourth-order valence-electron chi connectivity index (χ4n) is 2.18. The van der Waals surface area contributed by atoms with E-state index in [4.69, 9.17) is 0 Å². The zero-order valence-corrected chi connectivity index (χ0v) is 10.9. The number of amides is 1. The number of phenols is 1. The van der Waals surface area contributed by atoms with Crippen molar-refractivity contribution >= 4 is 5.91 Å². The van der Waals surface area contributed by atoms with Crippen LogP contribution in [0.5, 0.6) is 5.75 Å².